The molecule has 0 unspecified atom stereocenters. The molecule has 5 rings (SSSR count). The number of nitriles is 1. The number of hydrogen-bond donors (Lipinski definition) is 2. The SMILES string of the molecule is N#CCC1(n2cc(-c3ncnc4[nH]ccc34)c3c(F)cc(F)cc32)CNC1. The van der Waals surface area contributed by atoms with Gasteiger partial charge in [0, 0.05) is 47.9 Å². The highest BCUT2D eigenvalue weighted by atomic mass is 19.1. The Morgan fingerprint density at radius 3 is 2.85 bits per heavy atom. The van der Waals surface area contributed by atoms with E-state index >= 15 is 0 Å². The maximum Gasteiger partial charge on any atom is 0.141 e. The van der Waals surface area contributed by atoms with Gasteiger partial charge in [0.2, 0.25) is 0 Å². The second-order valence-electron chi connectivity index (χ2n) is 6.82. The van der Waals surface area contributed by atoms with E-state index in [1.165, 1.54) is 12.4 Å². The van der Waals surface area contributed by atoms with E-state index in [-0.39, 0.29) is 6.42 Å². The zero-order valence-corrected chi connectivity index (χ0v) is 14.1. The highest BCUT2D eigenvalue weighted by Gasteiger charge is 2.40. The van der Waals surface area contributed by atoms with Gasteiger partial charge >= 0.3 is 0 Å². The summed E-state index contributed by atoms with van der Waals surface area (Å²) in [4.78, 5) is 11.6. The lowest BCUT2D eigenvalue weighted by molar-refractivity contribution is 0.187. The van der Waals surface area contributed by atoms with E-state index < -0.39 is 17.2 Å². The van der Waals surface area contributed by atoms with E-state index in [1.807, 2.05) is 10.6 Å². The molecule has 3 aromatic heterocycles. The van der Waals surface area contributed by atoms with Crippen molar-refractivity contribution < 1.29 is 8.78 Å². The Balaban J connectivity index is 1.87. The molecule has 27 heavy (non-hydrogen) atoms. The lowest BCUT2D eigenvalue weighted by Gasteiger charge is -2.43. The van der Waals surface area contributed by atoms with Gasteiger partial charge in [-0.15, -0.1) is 0 Å². The van der Waals surface area contributed by atoms with Crippen molar-refractivity contribution in [1.82, 2.24) is 24.8 Å². The number of rotatable bonds is 3. The molecule has 0 saturated carbocycles. The predicted molar refractivity (Wildman–Crippen MR) is 95.8 cm³/mol. The van der Waals surface area contributed by atoms with E-state index in [9.17, 15) is 14.0 Å². The summed E-state index contributed by atoms with van der Waals surface area (Å²) in [6.07, 6.45) is 5.17. The number of benzene rings is 1. The van der Waals surface area contributed by atoms with Crippen molar-refractivity contribution in [3.63, 3.8) is 0 Å². The summed E-state index contributed by atoms with van der Waals surface area (Å²) in [5, 5.41) is 13.5. The first kappa shape index (κ1) is 15.9. The maximum absolute atomic E-state index is 14.8. The van der Waals surface area contributed by atoms with E-state index in [1.54, 1.807) is 12.4 Å². The lowest BCUT2D eigenvalue weighted by Crippen LogP contribution is -2.60. The van der Waals surface area contributed by atoms with Crippen LogP contribution in [0.4, 0.5) is 8.78 Å². The largest absolute Gasteiger partial charge is 0.346 e. The van der Waals surface area contributed by atoms with Crippen LogP contribution in [0, 0.1) is 23.0 Å². The Kier molecular flexibility index (Phi) is 3.29. The zero-order chi connectivity index (χ0) is 18.6. The van der Waals surface area contributed by atoms with Crippen molar-refractivity contribution in [2.24, 2.45) is 0 Å². The minimum absolute atomic E-state index is 0.241. The molecule has 8 heteroatoms. The van der Waals surface area contributed by atoms with Crippen molar-refractivity contribution in [2.45, 2.75) is 12.0 Å². The van der Waals surface area contributed by atoms with Gasteiger partial charge in [0.25, 0.3) is 0 Å². The van der Waals surface area contributed by atoms with E-state index in [0.717, 1.165) is 11.5 Å². The third-order valence-electron chi connectivity index (χ3n) is 5.26. The number of aromatic nitrogens is 4. The van der Waals surface area contributed by atoms with Crippen molar-refractivity contribution in [2.75, 3.05) is 13.1 Å². The molecule has 0 atom stereocenters. The number of hydrogen-bond acceptors (Lipinski definition) is 4. The summed E-state index contributed by atoms with van der Waals surface area (Å²) >= 11 is 0. The Morgan fingerprint density at radius 2 is 2.11 bits per heavy atom. The van der Waals surface area contributed by atoms with Gasteiger partial charge in [-0.3, -0.25) is 0 Å². The lowest BCUT2D eigenvalue weighted by atomic mass is 9.88. The summed E-state index contributed by atoms with van der Waals surface area (Å²) in [5.74, 6) is -1.31. The Hall–Kier alpha value is -3.31. The quantitative estimate of drug-likeness (QED) is 0.585. The van der Waals surface area contributed by atoms with Crippen molar-refractivity contribution >= 4 is 21.9 Å². The van der Waals surface area contributed by atoms with Crippen LogP contribution in [0.1, 0.15) is 6.42 Å². The van der Waals surface area contributed by atoms with Gasteiger partial charge in [-0.25, -0.2) is 18.7 Å². The molecule has 1 aliphatic heterocycles. The molecule has 4 heterocycles. The Bertz CT molecular complexity index is 1230. The summed E-state index contributed by atoms with van der Waals surface area (Å²) in [6, 6.07) is 6.21. The first-order chi connectivity index (χ1) is 13.1. The topological polar surface area (TPSA) is 82.3 Å². The number of nitrogens with one attached hydrogen (secondary N) is 2. The van der Waals surface area contributed by atoms with Crippen LogP contribution in [-0.4, -0.2) is 32.6 Å². The summed E-state index contributed by atoms with van der Waals surface area (Å²) in [5.41, 5.74) is 1.64. The molecule has 2 N–H and O–H groups in total. The molecule has 1 saturated heterocycles. The molecule has 6 nitrogen and oxygen atoms in total. The average molecular weight is 364 g/mol. The number of fused-ring (bicyclic) bond motifs is 2. The highest BCUT2D eigenvalue weighted by Crippen LogP contribution is 2.39. The standard InChI is InChI=1S/C19H14F2N6/c20-11-5-14(21)16-13(17-12-1-4-24-18(12)26-10-25-17)7-27(15(16)6-11)19(2-3-22)8-23-9-19/h1,4-7,10,23H,2,8-9H2,(H,24,25,26). The van der Waals surface area contributed by atoms with Crippen LogP contribution in [0.5, 0.6) is 0 Å². The maximum atomic E-state index is 14.8. The fourth-order valence-corrected chi connectivity index (χ4v) is 3.88. The van der Waals surface area contributed by atoms with Crippen LogP contribution in [0.25, 0.3) is 33.2 Å². The van der Waals surface area contributed by atoms with Gasteiger partial charge in [0.05, 0.1) is 29.2 Å². The molecule has 0 spiro atoms. The Labute approximate surface area is 152 Å². The summed E-state index contributed by atoms with van der Waals surface area (Å²) in [7, 11) is 0. The number of H-pyrrole nitrogens is 1. The molecule has 0 amide bonds. The van der Waals surface area contributed by atoms with Crippen LogP contribution >= 0.6 is 0 Å². The van der Waals surface area contributed by atoms with Crippen LogP contribution in [0.2, 0.25) is 0 Å². The van der Waals surface area contributed by atoms with Crippen LogP contribution < -0.4 is 5.32 Å². The molecular weight excluding hydrogens is 350 g/mol. The smallest absolute Gasteiger partial charge is 0.141 e. The predicted octanol–water partition coefficient (Wildman–Crippen LogP) is 3.07. The summed E-state index contributed by atoms with van der Waals surface area (Å²) < 4.78 is 30.7. The first-order valence-corrected chi connectivity index (χ1v) is 8.50. The van der Waals surface area contributed by atoms with Gasteiger partial charge in [0.15, 0.2) is 0 Å². The minimum atomic E-state index is -0.653. The van der Waals surface area contributed by atoms with Gasteiger partial charge in [0.1, 0.15) is 23.6 Å². The molecule has 1 aliphatic rings. The molecule has 4 aromatic rings. The van der Waals surface area contributed by atoms with Crippen molar-refractivity contribution in [3.8, 4) is 17.3 Å². The van der Waals surface area contributed by atoms with E-state index in [0.29, 0.717) is 40.9 Å². The van der Waals surface area contributed by atoms with Crippen LogP contribution in [-0.2, 0) is 5.54 Å². The van der Waals surface area contributed by atoms with Crippen LogP contribution in [0.3, 0.4) is 0 Å². The normalized spacial score (nSPS) is 15.7. The zero-order valence-electron chi connectivity index (χ0n) is 14.1. The van der Waals surface area contributed by atoms with Gasteiger partial charge < -0.3 is 14.9 Å². The molecule has 0 aliphatic carbocycles. The van der Waals surface area contributed by atoms with Crippen molar-refractivity contribution in [3.05, 3.63) is 48.6 Å². The van der Waals surface area contributed by atoms with Gasteiger partial charge in [-0.2, -0.15) is 5.26 Å². The number of halogens is 2. The molecule has 134 valence electrons. The molecule has 0 radical (unpaired) electrons. The third-order valence-corrected chi connectivity index (χ3v) is 5.26. The molecule has 0 bridgehead atoms. The third kappa shape index (κ3) is 2.18. The molecular formula is C19H14F2N6. The van der Waals surface area contributed by atoms with Crippen LogP contribution in [0.15, 0.2) is 36.9 Å². The number of nitrogens with zero attached hydrogens (tertiary/aromatic N) is 4. The highest BCUT2D eigenvalue weighted by molar-refractivity contribution is 6.02. The fourth-order valence-electron chi connectivity index (χ4n) is 3.88. The summed E-state index contributed by atoms with van der Waals surface area (Å²) in [6.45, 7) is 1.12. The van der Waals surface area contributed by atoms with E-state index in [4.69, 9.17) is 0 Å². The monoisotopic (exact) mass is 364 g/mol. The average Bonchev–Trinajstić information content (AvgIpc) is 3.22. The van der Waals surface area contributed by atoms with Gasteiger partial charge in [-0.05, 0) is 12.1 Å². The molecule has 1 fully saturated rings. The van der Waals surface area contributed by atoms with Crippen molar-refractivity contribution in [1.29, 1.82) is 5.26 Å². The van der Waals surface area contributed by atoms with E-state index in [2.05, 4.69) is 26.3 Å². The number of aromatic amines is 1. The van der Waals surface area contributed by atoms with Gasteiger partial charge in [-0.1, -0.05) is 0 Å². The second kappa shape index (κ2) is 5.59. The minimum Gasteiger partial charge on any atom is -0.346 e. The Morgan fingerprint density at radius 1 is 1.26 bits per heavy atom. The molecule has 1 aromatic carbocycles. The second-order valence-corrected chi connectivity index (χ2v) is 6.82. The fraction of sp³-hybridized carbons (Fsp3) is 0.211. The first-order valence-electron chi connectivity index (χ1n) is 8.50.